The molecular weight excluding hydrogens is 282 g/mol. The topological polar surface area (TPSA) is 68.7 Å². The molecule has 5 nitrogen and oxygen atoms in total. The van der Waals surface area contributed by atoms with Gasteiger partial charge in [-0.15, -0.1) is 0 Å². The second kappa shape index (κ2) is 6.25. The molecule has 2 rings (SSSR count). The fraction of sp³-hybridized carbons (Fsp3) is 0.143. The standard InChI is InChI=1S/C14H12ClNO4/c1-2-19-9-4-3-5-10(8-9)20-12-7-6-11(15)13(16-12)14(17)18/h3-8H,2H2,1H3,(H,17,18). The van der Waals surface area contributed by atoms with Crippen LogP contribution in [0.15, 0.2) is 36.4 Å². The van der Waals surface area contributed by atoms with Gasteiger partial charge in [0.05, 0.1) is 11.6 Å². The maximum atomic E-state index is 10.9. The minimum Gasteiger partial charge on any atom is -0.494 e. The van der Waals surface area contributed by atoms with Crippen LogP contribution in [-0.2, 0) is 0 Å². The van der Waals surface area contributed by atoms with Crippen molar-refractivity contribution in [2.75, 3.05) is 6.61 Å². The second-order valence-corrected chi connectivity index (χ2v) is 4.20. The van der Waals surface area contributed by atoms with E-state index in [1.54, 1.807) is 24.3 Å². The van der Waals surface area contributed by atoms with E-state index in [1.165, 1.54) is 12.1 Å². The fourth-order valence-corrected chi connectivity index (χ4v) is 1.73. The maximum Gasteiger partial charge on any atom is 0.356 e. The van der Waals surface area contributed by atoms with Gasteiger partial charge in [0.15, 0.2) is 5.69 Å². The Kier molecular flexibility index (Phi) is 4.42. The lowest BCUT2D eigenvalue weighted by atomic mass is 10.3. The van der Waals surface area contributed by atoms with Crippen molar-refractivity contribution < 1.29 is 19.4 Å². The van der Waals surface area contributed by atoms with Gasteiger partial charge in [-0.05, 0) is 25.1 Å². The van der Waals surface area contributed by atoms with Crippen molar-refractivity contribution in [1.29, 1.82) is 0 Å². The van der Waals surface area contributed by atoms with Crippen LogP contribution in [0.5, 0.6) is 17.4 Å². The van der Waals surface area contributed by atoms with Gasteiger partial charge in [-0.1, -0.05) is 17.7 Å². The molecule has 0 spiro atoms. The van der Waals surface area contributed by atoms with Crippen molar-refractivity contribution in [2.24, 2.45) is 0 Å². The smallest absolute Gasteiger partial charge is 0.356 e. The molecule has 1 heterocycles. The van der Waals surface area contributed by atoms with Gasteiger partial charge in [-0.3, -0.25) is 0 Å². The zero-order chi connectivity index (χ0) is 14.5. The summed E-state index contributed by atoms with van der Waals surface area (Å²) in [6.45, 7) is 2.43. The predicted molar refractivity (Wildman–Crippen MR) is 73.9 cm³/mol. The summed E-state index contributed by atoms with van der Waals surface area (Å²) in [5.41, 5.74) is -0.245. The van der Waals surface area contributed by atoms with E-state index in [9.17, 15) is 4.79 Å². The number of benzene rings is 1. The Hall–Kier alpha value is -2.27. The first-order chi connectivity index (χ1) is 9.60. The molecule has 0 aliphatic heterocycles. The van der Waals surface area contributed by atoms with Crippen LogP contribution in [0.25, 0.3) is 0 Å². The van der Waals surface area contributed by atoms with Crippen molar-refractivity contribution in [3.63, 3.8) is 0 Å². The van der Waals surface area contributed by atoms with E-state index in [0.717, 1.165) is 0 Å². The summed E-state index contributed by atoms with van der Waals surface area (Å²) in [5.74, 6) is 0.114. The summed E-state index contributed by atoms with van der Waals surface area (Å²) >= 11 is 5.74. The van der Waals surface area contributed by atoms with Crippen molar-refractivity contribution in [3.8, 4) is 17.4 Å². The summed E-state index contributed by atoms with van der Waals surface area (Å²) in [7, 11) is 0. The van der Waals surface area contributed by atoms with Crippen LogP contribution >= 0.6 is 11.6 Å². The van der Waals surface area contributed by atoms with Crippen molar-refractivity contribution in [1.82, 2.24) is 4.98 Å². The number of carboxylic acid groups (broad SMARTS) is 1. The molecular formula is C14H12ClNO4. The van der Waals surface area contributed by atoms with Gasteiger partial charge >= 0.3 is 5.97 Å². The van der Waals surface area contributed by atoms with E-state index in [4.69, 9.17) is 26.2 Å². The molecule has 20 heavy (non-hydrogen) atoms. The highest BCUT2D eigenvalue weighted by Gasteiger charge is 2.12. The van der Waals surface area contributed by atoms with E-state index in [2.05, 4.69) is 4.98 Å². The zero-order valence-corrected chi connectivity index (χ0v) is 11.4. The van der Waals surface area contributed by atoms with Crippen LogP contribution < -0.4 is 9.47 Å². The summed E-state index contributed by atoms with van der Waals surface area (Å²) < 4.78 is 10.8. The van der Waals surface area contributed by atoms with Gasteiger partial charge in [-0.25, -0.2) is 9.78 Å². The van der Waals surface area contributed by atoms with Gasteiger partial charge in [0.2, 0.25) is 5.88 Å². The van der Waals surface area contributed by atoms with Crippen molar-refractivity contribution in [3.05, 3.63) is 47.1 Å². The number of pyridine rings is 1. The number of ether oxygens (including phenoxy) is 2. The largest absolute Gasteiger partial charge is 0.494 e. The van der Waals surface area contributed by atoms with Crippen LogP contribution in [0.1, 0.15) is 17.4 Å². The molecule has 2 aromatic rings. The van der Waals surface area contributed by atoms with E-state index in [1.807, 2.05) is 6.92 Å². The summed E-state index contributed by atoms with van der Waals surface area (Å²) in [6.07, 6.45) is 0. The number of aromatic nitrogens is 1. The average Bonchev–Trinajstić information content (AvgIpc) is 2.41. The molecule has 0 aliphatic carbocycles. The molecule has 1 N–H and O–H groups in total. The normalized spacial score (nSPS) is 10.1. The number of rotatable bonds is 5. The highest BCUT2D eigenvalue weighted by molar-refractivity contribution is 6.33. The lowest BCUT2D eigenvalue weighted by Gasteiger charge is -2.08. The van der Waals surface area contributed by atoms with Gasteiger partial charge in [-0.2, -0.15) is 0 Å². The third kappa shape index (κ3) is 3.39. The van der Waals surface area contributed by atoms with E-state index in [-0.39, 0.29) is 16.6 Å². The average molecular weight is 294 g/mol. The Morgan fingerprint density at radius 3 is 2.75 bits per heavy atom. The van der Waals surface area contributed by atoms with Gasteiger partial charge in [0.1, 0.15) is 11.5 Å². The Morgan fingerprint density at radius 1 is 1.30 bits per heavy atom. The number of hydrogen-bond acceptors (Lipinski definition) is 4. The molecule has 0 radical (unpaired) electrons. The van der Waals surface area contributed by atoms with Crippen molar-refractivity contribution in [2.45, 2.75) is 6.92 Å². The predicted octanol–water partition coefficient (Wildman–Crippen LogP) is 3.62. The molecule has 6 heteroatoms. The second-order valence-electron chi connectivity index (χ2n) is 3.80. The number of carbonyl (C=O) groups is 1. The monoisotopic (exact) mass is 293 g/mol. The summed E-state index contributed by atoms with van der Waals surface area (Å²) in [5, 5.41) is 9.01. The molecule has 0 bridgehead atoms. The van der Waals surface area contributed by atoms with Crippen LogP contribution in [0, 0.1) is 0 Å². The number of carboxylic acids is 1. The van der Waals surface area contributed by atoms with Gasteiger partial charge < -0.3 is 14.6 Å². The van der Waals surface area contributed by atoms with Crippen LogP contribution in [-0.4, -0.2) is 22.7 Å². The number of nitrogens with zero attached hydrogens (tertiary/aromatic N) is 1. The van der Waals surface area contributed by atoms with E-state index >= 15 is 0 Å². The third-order valence-electron chi connectivity index (χ3n) is 2.36. The van der Waals surface area contributed by atoms with Gasteiger partial charge in [0, 0.05) is 12.1 Å². The first-order valence-electron chi connectivity index (χ1n) is 5.90. The molecule has 0 amide bonds. The number of hydrogen-bond donors (Lipinski definition) is 1. The SMILES string of the molecule is CCOc1cccc(Oc2ccc(Cl)c(C(=O)O)n2)c1. The van der Waals surface area contributed by atoms with Crippen LogP contribution in [0.2, 0.25) is 5.02 Å². The molecule has 1 aromatic carbocycles. The molecule has 1 aromatic heterocycles. The molecule has 104 valence electrons. The highest BCUT2D eigenvalue weighted by Crippen LogP contribution is 2.26. The molecule has 0 saturated carbocycles. The first kappa shape index (κ1) is 14.1. The third-order valence-corrected chi connectivity index (χ3v) is 2.67. The minimum atomic E-state index is -1.21. The summed E-state index contributed by atoms with van der Waals surface area (Å²) in [6, 6.07) is 9.92. The van der Waals surface area contributed by atoms with E-state index in [0.29, 0.717) is 18.1 Å². The lowest BCUT2D eigenvalue weighted by Crippen LogP contribution is -2.02. The molecule has 0 aliphatic rings. The minimum absolute atomic E-state index is 0.0629. The quantitative estimate of drug-likeness (QED) is 0.911. The Labute approximate surface area is 120 Å². The highest BCUT2D eigenvalue weighted by atomic mass is 35.5. The molecule has 0 atom stereocenters. The molecule has 0 fully saturated rings. The Bertz CT molecular complexity index is 630. The lowest BCUT2D eigenvalue weighted by molar-refractivity contribution is 0.0690. The fourth-order valence-electron chi connectivity index (χ4n) is 1.55. The summed E-state index contributed by atoms with van der Waals surface area (Å²) in [4.78, 5) is 14.8. The zero-order valence-electron chi connectivity index (χ0n) is 10.7. The van der Waals surface area contributed by atoms with E-state index < -0.39 is 5.97 Å². The van der Waals surface area contributed by atoms with Crippen LogP contribution in [0.4, 0.5) is 0 Å². The Balaban J connectivity index is 2.23. The Morgan fingerprint density at radius 2 is 2.05 bits per heavy atom. The van der Waals surface area contributed by atoms with Gasteiger partial charge in [0.25, 0.3) is 0 Å². The molecule has 0 unspecified atom stereocenters. The molecule has 0 saturated heterocycles. The van der Waals surface area contributed by atoms with Crippen molar-refractivity contribution >= 4 is 17.6 Å². The first-order valence-corrected chi connectivity index (χ1v) is 6.28. The number of halogens is 1. The maximum absolute atomic E-state index is 10.9. The number of aromatic carboxylic acids is 1. The van der Waals surface area contributed by atoms with Crippen LogP contribution in [0.3, 0.4) is 0 Å².